The van der Waals surface area contributed by atoms with E-state index in [0.717, 1.165) is 10.9 Å². The molecule has 4 atom stereocenters. The average molecular weight is 460 g/mol. The van der Waals surface area contributed by atoms with Gasteiger partial charge in [0.15, 0.2) is 0 Å². The molecule has 3 amide bonds. The van der Waals surface area contributed by atoms with Crippen molar-refractivity contribution in [3.05, 3.63) is 30.0 Å². The van der Waals surface area contributed by atoms with Crippen LogP contribution < -0.4 is 26.4 Å². The van der Waals surface area contributed by atoms with Crippen molar-refractivity contribution in [2.24, 2.45) is 17.6 Å². The fraction of sp³-hybridized carbons (Fsp3) is 0.522. The second-order valence-electron chi connectivity index (χ2n) is 8.88. The normalized spacial score (nSPS) is 18.6. The molecule has 1 aromatic carbocycles. The number of aliphatic hydroxyl groups excluding tert-OH is 1. The van der Waals surface area contributed by atoms with Crippen molar-refractivity contribution >= 4 is 28.6 Å². The SMILES string of the molecule is COc1cccc2[nH]c(C(=O)NC(CC(C)C)C(=O)NC(CC3CCNC3=O)C(N)O)cc12. The van der Waals surface area contributed by atoms with Crippen molar-refractivity contribution in [2.75, 3.05) is 13.7 Å². The number of methoxy groups -OCH3 is 1. The Morgan fingerprint density at radius 2 is 2.06 bits per heavy atom. The maximum absolute atomic E-state index is 13.1. The first-order chi connectivity index (χ1) is 15.7. The standard InChI is InChI=1S/C23H33N5O5/c1-12(2)9-17(22(31)27-16(20(24)29)10-13-7-8-25-21(13)30)28-23(32)18-11-14-15(26-18)5-4-6-19(14)33-3/h4-6,11-13,16-17,20,26,29H,7-10,24H2,1-3H3,(H,25,30)(H,27,31)(H,28,32). The quantitative estimate of drug-likeness (QED) is 0.286. The molecule has 10 nitrogen and oxygen atoms in total. The number of hydrogen-bond donors (Lipinski definition) is 6. The lowest BCUT2D eigenvalue weighted by Crippen LogP contribution is -2.55. The molecule has 1 aliphatic heterocycles. The Bertz CT molecular complexity index is 1000. The summed E-state index contributed by atoms with van der Waals surface area (Å²) in [6.07, 6.45) is -0.106. The highest BCUT2D eigenvalue weighted by atomic mass is 16.5. The van der Waals surface area contributed by atoms with Crippen LogP contribution >= 0.6 is 0 Å². The molecule has 3 rings (SSSR count). The van der Waals surface area contributed by atoms with Gasteiger partial charge in [0.05, 0.1) is 13.2 Å². The lowest BCUT2D eigenvalue weighted by Gasteiger charge is -2.27. The summed E-state index contributed by atoms with van der Waals surface area (Å²) < 4.78 is 5.34. The largest absolute Gasteiger partial charge is 0.496 e. The molecule has 10 heteroatoms. The van der Waals surface area contributed by atoms with Gasteiger partial charge in [-0.3, -0.25) is 14.4 Å². The summed E-state index contributed by atoms with van der Waals surface area (Å²) in [5, 5.41) is 19.0. The molecule has 0 aliphatic carbocycles. The van der Waals surface area contributed by atoms with Gasteiger partial charge in [-0.05, 0) is 43.4 Å². The van der Waals surface area contributed by atoms with Crippen molar-refractivity contribution in [2.45, 2.75) is 51.4 Å². The molecule has 2 heterocycles. The van der Waals surface area contributed by atoms with Gasteiger partial charge in [-0.25, -0.2) is 0 Å². The molecule has 0 radical (unpaired) electrons. The number of ether oxygens (including phenoxy) is 1. The van der Waals surface area contributed by atoms with Gasteiger partial charge in [0.25, 0.3) is 5.91 Å². The van der Waals surface area contributed by atoms with Gasteiger partial charge in [-0.15, -0.1) is 0 Å². The van der Waals surface area contributed by atoms with E-state index >= 15 is 0 Å². The van der Waals surface area contributed by atoms with Crippen molar-refractivity contribution in [3.63, 3.8) is 0 Å². The zero-order valence-corrected chi connectivity index (χ0v) is 19.2. The number of aromatic amines is 1. The first kappa shape index (κ1) is 24.5. The van der Waals surface area contributed by atoms with Gasteiger partial charge in [-0.2, -0.15) is 0 Å². The number of aliphatic hydroxyl groups is 1. The summed E-state index contributed by atoms with van der Waals surface area (Å²) >= 11 is 0. The predicted octanol–water partition coefficient (Wildman–Crippen LogP) is 0.609. The van der Waals surface area contributed by atoms with E-state index in [4.69, 9.17) is 10.5 Å². The summed E-state index contributed by atoms with van der Waals surface area (Å²) in [6, 6.07) is 5.48. The molecule has 33 heavy (non-hydrogen) atoms. The number of rotatable bonds is 10. The van der Waals surface area contributed by atoms with Crippen molar-refractivity contribution < 1.29 is 24.2 Å². The van der Waals surface area contributed by atoms with Gasteiger partial charge in [0.1, 0.15) is 23.7 Å². The molecular weight excluding hydrogens is 426 g/mol. The third-order valence-electron chi connectivity index (χ3n) is 5.86. The van der Waals surface area contributed by atoms with Gasteiger partial charge in [0.2, 0.25) is 11.8 Å². The van der Waals surface area contributed by atoms with Crippen molar-refractivity contribution in [1.29, 1.82) is 0 Å². The van der Waals surface area contributed by atoms with Crippen LogP contribution in [0.3, 0.4) is 0 Å². The zero-order valence-electron chi connectivity index (χ0n) is 19.2. The number of carbonyl (C=O) groups excluding carboxylic acids is 3. The second-order valence-corrected chi connectivity index (χ2v) is 8.88. The molecule has 0 saturated carbocycles. The van der Waals surface area contributed by atoms with Crippen LogP contribution in [0, 0.1) is 11.8 Å². The van der Waals surface area contributed by atoms with Crippen LogP contribution in [0.1, 0.15) is 43.6 Å². The number of aromatic nitrogens is 1. The van der Waals surface area contributed by atoms with E-state index in [1.807, 2.05) is 26.0 Å². The molecule has 4 unspecified atom stereocenters. The zero-order chi connectivity index (χ0) is 24.1. The van der Waals surface area contributed by atoms with Crippen molar-refractivity contribution in [1.82, 2.24) is 20.9 Å². The molecule has 0 bridgehead atoms. The number of fused-ring (bicyclic) bond motifs is 1. The van der Waals surface area contributed by atoms with Crippen molar-refractivity contribution in [3.8, 4) is 5.75 Å². The Morgan fingerprint density at radius 1 is 1.30 bits per heavy atom. The van der Waals surface area contributed by atoms with Gasteiger partial charge in [-0.1, -0.05) is 19.9 Å². The highest BCUT2D eigenvalue weighted by Gasteiger charge is 2.32. The lowest BCUT2D eigenvalue weighted by atomic mass is 9.96. The van der Waals surface area contributed by atoms with Crippen LogP contribution in [0.4, 0.5) is 0 Å². The van der Waals surface area contributed by atoms with Crippen LogP contribution in [0.25, 0.3) is 10.9 Å². The molecular formula is C23H33N5O5. The van der Waals surface area contributed by atoms with E-state index in [-0.39, 0.29) is 24.2 Å². The van der Waals surface area contributed by atoms with Gasteiger partial charge in [0, 0.05) is 23.4 Å². The molecule has 1 fully saturated rings. The summed E-state index contributed by atoms with van der Waals surface area (Å²) in [6.45, 7) is 4.45. The smallest absolute Gasteiger partial charge is 0.268 e. The van der Waals surface area contributed by atoms with E-state index < -0.39 is 30.1 Å². The minimum Gasteiger partial charge on any atom is -0.496 e. The summed E-state index contributed by atoms with van der Waals surface area (Å²) in [5.41, 5.74) is 6.72. The molecule has 1 saturated heterocycles. The Kier molecular flexibility index (Phi) is 7.93. The Labute approximate surface area is 192 Å². The number of nitrogens with one attached hydrogen (secondary N) is 4. The van der Waals surface area contributed by atoms with E-state index in [0.29, 0.717) is 30.8 Å². The number of nitrogens with two attached hydrogens (primary N) is 1. The molecule has 1 aromatic heterocycles. The third-order valence-corrected chi connectivity index (χ3v) is 5.86. The summed E-state index contributed by atoms with van der Waals surface area (Å²) in [5.74, 6) is -0.586. The van der Waals surface area contributed by atoms with E-state index in [9.17, 15) is 19.5 Å². The van der Waals surface area contributed by atoms with E-state index in [2.05, 4.69) is 20.9 Å². The predicted molar refractivity (Wildman–Crippen MR) is 123 cm³/mol. The minimum atomic E-state index is -1.33. The van der Waals surface area contributed by atoms with Gasteiger partial charge < -0.3 is 36.5 Å². The molecule has 7 N–H and O–H groups in total. The number of H-pyrrole nitrogens is 1. The second kappa shape index (κ2) is 10.7. The maximum atomic E-state index is 13.1. The highest BCUT2D eigenvalue weighted by Crippen LogP contribution is 2.26. The Balaban J connectivity index is 1.73. The first-order valence-electron chi connectivity index (χ1n) is 11.2. The fourth-order valence-corrected chi connectivity index (χ4v) is 4.11. The first-order valence-corrected chi connectivity index (χ1v) is 11.2. The Hall–Kier alpha value is -3.11. The lowest BCUT2D eigenvalue weighted by molar-refractivity contribution is -0.127. The molecule has 2 aromatic rings. The van der Waals surface area contributed by atoms with Crippen LogP contribution in [0.15, 0.2) is 24.3 Å². The fourth-order valence-electron chi connectivity index (χ4n) is 4.11. The van der Waals surface area contributed by atoms with E-state index in [1.54, 1.807) is 19.2 Å². The maximum Gasteiger partial charge on any atom is 0.268 e. The molecule has 1 aliphatic rings. The van der Waals surface area contributed by atoms with Gasteiger partial charge >= 0.3 is 0 Å². The monoisotopic (exact) mass is 459 g/mol. The number of hydrogen-bond acceptors (Lipinski definition) is 6. The topological polar surface area (TPSA) is 159 Å². The Morgan fingerprint density at radius 3 is 2.67 bits per heavy atom. The average Bonchev–Trinajstić information content (AvgIpc) is 3.38. The van der Waals surface area contributed by atoms with Crippen LogP contribution in [-0.4, -0.2) is 59.8 Å². The number of carbonyl (C=O) groups is 3. The number of amides is 3. The summed E-state index contributed by atoms with van der Waals surface area (Å²) in [7, 11) is 1.56. The third kappa shape index (κ3) is 6.02. The summed E-state index contributed by atoms with van der Waals surface area (Å²) in [4.78, 5) is 41.0. The minimum absolute atomic E-state index is 0.115. The van der Waals surface area contributed by atoms with Crippen LogP contribution in [-0.2, 0) is 9.59 Å². The molecule has 0 spiro atoms. The number of benzene rings is 1. The van der Waals surface area contributed by atoms with E-state index in [1.165, 1.54) is 0 Å². The van der Waals surface area contributed by atoms with Crippen LogP contribution in [0.2, 0.25) is 0 Å². The van der Waals surface area contributed by atoms with Crippen LogP contribution in [0.5, 0.6) is 5.75 Å². The molecule has 180 valence electrons. The highest BCUT2D eigenvalue weighted by molar-refractivity contribution is 6.01.